The van der Waals surface area contributed by atoms with E-state index in [1.165, 1.54) is 6.42 Å². The van der Waals surface area contributed by atoms with E-state index in [2.05, 4.69) is 27.6 Å². The largest absolute Gasteiger partial charge is 0.326 e. The first kappa shape index (κ1) is 16.9. The number of nitrogens with two attached hydrogens (primary N) is 1. The summed E-state index contributed by atoms with van der Waals surface area (Å²) in [6.07, 6.45) is 5.29. The molecule has 6 heteroatoms. The van der Waals surface area contributed by atoms with E-state index in [1.54, 1.807) is 18.2 Å². The lowest BCUT2D eigenvalue weighted by molar-refractivity contribution is 0.301. The SMILES string of the molecule is CCC1CCCC(NS(=O)(=O)c2ccc(CN)cc2Br)C1. The highest BCUT2D eigenvalue weighted by atomic mass is 79.9. The summed E-state index contributed by atoms with van der Waals surface area (Å²) in [4.78, 5) is 0.290. The summed E-state index contributed by atoms with van der Waals surface area (Å²) < 4.78 is 28.5. The first-order valence-corrected chi connectivity index (χ1v) is 9.74. The van der Waals surface area contributed by atoms with Gasteiger partial charge in [0.2, 0.25) is 10.0 Å². The molecule has 0 heterocycles. The Morgan fingerprint density at radius 2 is 2.14 bits per heavy atom. The van der Waals surface area contributed by atoms with E-state index in [1.807, 2.05) is 0 Å². The molecule has 0 aromatic heterocycles. The molecule has 1 aliphatic rings. The number of benzene rings is 1. The van der Waals surface area contributed by atoms with Crippen molar-refractivity contribution in [2.45, 2.75) is 56.5 Å². The van der Waals surface area contributed by atoms with Gasteiger partial charge in [0, 0.05) is 17.1 Å². The van der Waals surface area contributed by atoms with Crippen LogP contribution in [0, 0.1) is 5.92 Å². The molecular weight excluding hydrogens is 352 g/mol. The van der Waals surface area contributed by atoms with Crippen molar-refractivity contribution >= 4 is 26.0 Å². The van der Waals surface area contributed by atoms with Crippen LogP contribution in [0.4, 0.5) is 0 Å². The molecule has 0 radical (unpaired) electrons. The Morgan fingerprint density at radius 3 is 2.76 bits per heavy atom. The summed E-state index contributed by atoms with van der Waals surface area (Å²) in [7, 11) is -3.48. The molecule has 2 atom stereocenters. The average molecular weight is 375 g/mol. The van der Waals surface area contributed by atoms with E-state index in [0.717, 1.165) is 31.2 Å². The van der Waals surface area contributed by atoms with E-state index >= 15 is 0 Å². The van der Waals surface area contributed by atoms with Gasteiger partial charge in [0.05, 0.1) is 4.90 Å². The van der Waals surface area contributed by atoms with Crippen molar-refractivity contribution in [3.8, 4) is 0 Å². The van der Waals surface area contributed by atoms with Crippen molar-refractivity contribution in [3.63, 3.8) is 0 Å². The standard InChI is InChI=1S/C15H23BrN2O2S/c1-2-11-4-3-5-13(8-11)18-21(19,20)15-7-6-12(10-17)9-14(15)16/h6-7,9,11,13,18H,2-5,8,10,17H2,1H3. The highest BCUT2D eigenvalue weighted by Crippen LogP contribution is 2.29. The summed E-state index contributed by atoms with van der Waals surface area (Å²) in [6.45, 7) is 2.57. The van der Waals surface area contributed by atoms with E-state index in [4.69, 9.17) is 5.73 Å². The lowest BCUT2D eigenvalue weighted by atomic mass is 9.85. The molecule has 0 spiro atoms. The Kier molecular flexibility index (Phi) is 5.82. The van der Waals surface area contributed by atoms with Crippen molar-refractivity contribution in [1.29, 1.82) is 0 Å². The number of halogens is 1. The Bertz CT molecular complexity index is 589. The van der Waals surface area contributed by atoms with Gasteiger partial charge in [-0.3, -0.25) is 0 Å². The van der Waals surface area contributed by atoms with Crippen molar-refractivity contribution in [2.75, 3.05) is 0 Å². The van der Waals surface area contributed by atoms with Crippen LogP contribution in [-0.4, -0.2) is 14.5 Å². The highest BCUT2D eigenvalue weighted by Gasteiger charge is 2.26. The predicted molar refractivity (Wildman–Crippen MR) is 88.4 cm³/mol. The van der Waals surface area contributed by atoms with Gasteiger partial charge < -0.3 is 5.73 Å². The van der Waals surface area contributed by atoms with Crippen molar-refractivity contribution in [2.24, 2.45) is 11.7 Å². The van der Waals surface area contributed by atoms with Crippen molar-refractivity contribution < 1.29 is 8.42 Å². The van der Waals surface area contributed by atoms with Crippen LogP contribution < -0.4 is 10.5 Å². The van der Waals surface area contributed by atoms with Gasteiger partial charge in [0.25, 0.3) is 0 Å². The zero-order valence-electron chi connectivity index (χ0n) is 12.3. The number of hydrogen-bond acceptors (Lipinski definition) is 3. The molecule has 1 aliphatic carbocycles. The van der Waals surface area contributed by atoms with Gasteiger partial charge in [-0.15, -0.1) is 0 Å². The summed E-state index contributed by atoms with van der Waals surface area (Å²) in [5, 5.41) is 0. The number of sulfonamides is 1. The normalized spacial score (nSPS) is 23.2. The van der Waals surface area contributed by atoms with Crippen LogP contribution in [0.2, 0.25) is 0 Å². The molecule has 2 unspecified atom stereocenters. The summed E-state index contributed by atoms with van der Waals surface area (Å²) in [6, 6.07) is 5.20. The van der Waals surface area contributed by atoms with Crippen LogP contribution in [0.25, 0.3) is 0 Å². The topological polar surface area (TPSA) is 72.2 Å². The van der Waals surface area contributed by atoms with Crippen LogP contribution in [0.5, 0.6) is 0 Å². The highest BCUT2D eigenvalue weighted by molar-refractivity contribution is 9.10. The molecule has 0 amide bonds. The summed E-state index contributed by atoms with van der Waals surface area (Å²) in [5.41, 5.74) is 6.48. The molecule has 4 nitrogen and oxygen atoms in total. The predicted octanol–water partition coefficient (Wildman–Crippen LogP) is 3.15. The first-order chi connectivity index (χ1) is 9.96. The molecule has 1 saturated carbocycles. The molecule has 3 N–H and O–H groups in total. The fraction of sp³-hybridized carbons (Fsp3) is 0.600. The van der Waals surface area contributed by atoms with Gasteiger partial charge in [-0.05, 0) is 52.4 Å². The third kappa shape index (κ3) is 4.28. The fourth-order valence-electron chi connectivity index (χ4n) is 2.94. The minimum absolute atomic E-state index is 0.0507. The Hall–Kier alpha value is -0.430. The molecule has 0 saturated heterocycles. The second-order valence-electron chi connectivity index (χ2n) is 5.73. The van der Waals surface area contributed by atoms with Crippen LogP contribution in [-0.2, 0) is 16.6 Å². The maximum absolute atomic E-state index is 12.5. The average Bonchev–Trinajstić information content (AvgIpc) is 2.46. The maximum atomic E-state index is 12.5. The second kappa shape index (κ2) is 7.22. The second-order valence-corrected chi connectivity index (χ2v) is 8.26. The molecule has 118 valence electrons. The molecule has 21 heavy (non-hydrogen) atoms. The van der Waals surface area contributed by atoms with Crippen molar-refractivity contribution in [1.82, 2.24) is 4.72 Å². The van der Waals surface area contributed by atoms with Crippen LogP contribution >= 0.6 is 15.9 Å². The Balaban J connectivity index is 2.14. The first-order valence-electron chi connectivity index (χ1n) is 7.47. The maximum Gasteiger partial charge on any atom is 0.241 e. The van der Waals surface area contributed by atoms with Crippen LogP contribution in [0.15, 0.2) is 27.6 Å². The molecule has 0 bridgehead atoms. The lowest BCUT2D eigenvalue weighted by Gasteiger charge is -2.29. The zero-order valence-corrected chi connectivity index (χ0v) is 14.7. The van der Waals surface area contributed by atoms with E-state index in [-0.39, 0.29) is 6.04 Å². The van der Waals surface area contributed by atoms with Gasteiger partial charge in [-0.25, -0.2) is 13.1 Å². The molecule has 2 rings (SSSR count). The molecule has 0 aliphatic heterocycles. The van der Waals surface area contributed by atoms with Gasteiger partial charge in [0.15, 0.2) is 0 Å². The van der Waals surface area contributed by atoms with Gasteiger partial charge in [0.1, 0.15) is 0 Å². The number of nitrogens with one attached hydrogen (secondary N) is 1. The monoisotopic (exact) mass is 374 g/mol. The fourth-order valence-corrected chi connectivity index (χ4v) is 5.35. The Morgan fingerprint density at radius 1 is 1.38 bits per heavy atom. The smallest absolute Gasteiger partial charge is 0.241 e. The molecule has 1 fully saturated rings. The van der Waals surface area contributed by atoms with Crippen LogP contribution in [0.1, 0.15) is 44.6 Å². The molecule has 1 aromatic carbocycles. The summed E-state index contributed by atoms with van der Waals surface area (Å²) in [5.74, 6) is 0.634. The number of hydrogen-bond donors (Lipinski definition) is 2. The van der Waals surface area contributed by atoms with Gasteiger partial charge >= 0.3 is 0 Å². The van der Waals surface area contributed by atoms with Gasteiger partial charge in [-0.2, -0.15) is 0 Å². The van der Waals surface area contributed by atoms with E-state index < -0.39 is 10.0 Å². The van der Waals surface area contributed by atoms with E-state index in [9.17, 15) is 8.42 Å². The minimum Gasteiger partial charge on any atom is -0.326 e. The van der Waals surface area contributed by atoms with Crippen molar-refractivity contribution in [3.05, 3.63) is 28.2 Å². The Labute approximate surface area is 135 Å². The minimum atomic E-state index is -3.48. The zero-order chi connectivity index (χ0) is 15.5. The lowest BCUT2D eigenvalue weighted by Crippen LogP contribution is -2.38. The van der Waals surface area contributed by atoms with Crippen LogP contribution in [0.3, 0.4) is 0 Å². The third-order valence-corrected chi connectivity index (χ3v) is 6.70. The molecular formula is C15H23BrN2O2S. The van der Waals surface area contributed by atoms with E-state index in [0.29, 0.717) is 21.8 Å². The van der Waals surface area contributed by atoms with Gasteiger partial charge in [-0.1, -0.05) is 32.3 Å². The quantitative estimate of drug-likeness (QED) is 0.831. The third-order valence-electron chi connectivity index (χ3n) is 4.20. The molecule has 1 aromatic rings. The number of rotatable bonds is 5. The summed E-state index contributed by atoms with van der Waals surface area (Å²) >= 11 is 3.34.